The molecule has 0 aromatic carbocycles. The lowest BCUT2D eigenvalue weighted by molar-refractivity contribution is -0.139. The number of rotatable bonds is 3. The average molecular weight is 210 g/mol. The number of oxazole rings is 1. The molecule has 1 heterocycles. The molecule has 1 unspecified atom stereocenters. The predicted molar refractivity (Wildman–Crippen MR) is 52.5 cm³/mol. The topological polar surface area (TPSA) is 89.3 Å². The quantitative estimate of drug-likeness (QED) is 0.767. The first-order valence-corrected chi connectivity index (χ1v) is 4.90. The maximum absolute atomic E-state index is 10.9. The highest BCUT2D eigenvalue weighted by Crippen LogP contribution is 2.50. The number of carboxylic acid groups (broad SMARTS) is 1. The Balaban J connectivity index is 2.34. The number of carboxylic acids is 1. The van der Waals surface area contributed by atoms with Crippen LogP contribution in [-0.4, -0.2) is 22.1 Å². The van der Waals surface area contributed by atoms with Crippen molar-refractivity contribution in [1.82, 2.24) is 4.98 Å². The van der Waals surface area contributed by atoms with Crippen LogP contribution in [0.2, 0.25) is 0 Å². The zero-order chi connectivity index (χ0) is 11.2. The van der Waals surface area contributed by atoms with Gasteiger partial charge in [-0.1, -0.05) is 0 Å². The Morgan fingerprint density at radius 2 is 2.20 bits per heavy atom. The zero-order valence-corrected chi connectivity index (χ0v) is 8.78. The molecule has 5 heteroatoms. The van der Waals surface area contributed by atoms with Crippen molar-refractivity contribution in [2.75, 3.05) is 0 Å². The van der Waals surface area contributed by atoms with Crippen LogP contribution in [-0.2, 0) is 10.2 Å². The molecule has 1 aromatic rings. The van der Waals surface area contributed by atoms with Crippen LogP contribution in [0.15, 0.2) is 4.42 Å². The summed E-state index contributed by atoms with van der Waals surface area (Å²) in [6.07, 6.45) is 1.47. The van der Waals surface area contributed by atoms with Crippen molar-refractivity contribution in [3.63, 3.8) is 0 Å². The molecule has 1 aliphatic carbocycles. The molecule has 0 radical (unpaired) electrons. The van der Waals surface area contributed by atoms with Crippen LogP contribution in [0.1, 0.15) is 30.2 Å². The first-order chi connectivity index (χ1) is 6.97. The molecule has 3 N–H and O–H groups in total. The van der Waals surface area contributed by atoms with Gasteiger partial charge < -0.3 is 15.3 Å². The zero-order valence-electron chi connectivity index (χ0n) is 8.78. The van der Waals surface area contributed by atoms with Gasteiger partial charge in [-0.05, 0) is 26.7 Å². The Morgan fingerprint density at radius 3 is 2.53 bits per heavy atom. The van der Waals surface area contributed by atoms with E-state index in [0.29, 0.717) is 5.89 Å². The molecule has 2 rings (SSSR count). The maximum atomic E-state index is 10.9. The molecule has 0 aliphatic heterocycles. The van der Waals surface area contributed by atoms with Crippen LogP contribution in [0.4, 0.5) is 0 Å². The molecule has 1 aliphatic rings. The number of carbonyl (C=O) groups is 1. The molecular weight excluding hydrogens is 196 g/mol. The lowest BCUT2D eigenvalue weighted by Gasteiger charge is -2.15. The molecule has 1 fully saturated rings. The summed E-state index contributed by atoms with van der Waals surface area (Å²) in [7, 11) is 0. The largest absolute Gasteiger partial charge is 0.480 e. The third kappa shape index (κ3) is 1.43. The Bertz CT molecular complexity index is 387. The van der Waals surface area contributed by atoms with Gasteiger partial charge in [-0.25, -0.2) is 4.98 Å². The minimum absolute atomic E-state index is 0.479. The summed E-state index contributed by atoms with van der Waals surface area (Å²) in [4.78, 5) is 15.1. The van der Waals surface area contributed by atoms with Gasteiger partial charge in [-0.2, -0.15) is 0 Å². The lowest BCUT2D eigenvalue weighted by Crippen LogP contribution is -2.42. The Kier molecular flexibility index (Phi) is 2.08. The summed E-state index contributed by atoms with van der Waals surface area (Å²) in [5.41, 5.74) is 5.88. The van der Waals surface area contributed by atoms with Gasteiger partial charge >= 0.3 is 5.97 Å². The molecule has 82 valence electrons. The molecule has 0 saturated heterocycles. The van der Waals surface area contributed by atoms with Crippen LogP contribution >= 0.6 is 0 Å². The molecule has 0 bridgehead atoms. The fourth-order valence-corrected chi connectivity index (χ4v) is 1.71. The van der Waals surface area contributed by atoms with E-state index in [9.17, 15) is 4.79 Å². The number of nitrogens with zero attached hydrogens (tertiary/aromatic N) is 1. The third-order valence-electron chi connectivity index (χ3n) is 3.10. The summed E-state index contributed by atoms with van der Waals surface area (Å²) < 4.78 is 5.46. The first-order valence-electron chi connectivity index (χ1n) is 4.90. The monoisotopic (exact) mass is 210 g/mol. The Hall–Kier alpha value is -1.36. The van der Waals surface area contributed by atoms with Crippen molar-refractivity contribution in [3.8, 4) is 0 Å². The molecule has 1 atom stereocenters. The minimum atomic E-state index is -0.999. The van der Waals surface area contributed by atoms with Crippen molar-refractivity contribution in [3.05, 3.63) is 17.3 Å². The Labute approximate surface area is 87.3 Å². The van der Waals surface area contributed by atoms with Gasteiger partial charge in [-0.3, -0.25) is 4.79 Å². The highest BCUT2D eigenvalue weighted by molar-refractivity contribution is 5.76. The normalized spacial score (nSPS) is 19.9. The van der Waals surface area contributed by atoms with E-state index < -0.39 is 17.4 Å². The van der Waals surface area contributed by atoms with Gasteiger partial charge in [0, 0.05) is 0 Å². The summed E-state index contributed by atoms with van der Waals surface area (Å²) in [6.45, 7) is 3.65. The van der Waals surface area contributed by atoms with E-state index in [4.69, 9.17) is 15.3 Å². The fraction of sp³-hybridized carbons (Fsp3) is 0.600. The molecule has 1 saturated carbocycles. The Morgan fingerprint density at radius 1 is 1.60 bits per heavy atom. The number of hydrogen-bond donors (Lipinski definition) is 2. The second-order valence-corrected chi connectivity index (χ2v) is 4.13. The van der Waals surface area contributed by atoms with Crippen molar-refractivity contribution >= 4 is 5.97 Å². The molecule has 5 nitrogen and oxygen atoms in total. The summed E-state index contributed by atoms with van der Waals surface area (Å²) in [5, 5.41) is 8.90. The van der Waals surface area contributed by atoms with Crippen LogP contribution in [0.3, 0.4) is 0 Å². The van der Waals surface area contributed by atoms with Crippen molar-refractivity contribution in [2.45, 2.75) is 38.1 Å². The van der Waals surface area contributed by atoms with Crippen LogP contribution in [0, 0.1) is 13.8 Å². The van der Waals surface area contributed by atoms with E-state index >= 15 is 0 Å². The number of aliphatic carboxylic acids is 1. The van der Waals surface area contributed by atoms with Gasteiger partial charge in [0.25, 0.3) is 0 Å². The third-order valence-corrected chi connectivity index (χ3v) is 3.10. The summed E-state index contributed by atoms with van der Waals surface area (Å²) in [5.74, 6) is 0.210. The summed E-state index contributed by atoms with van der Waals surface area (Å²) in [6, 6.07) is -0.921. The van der Waals surface area contributed by atoms with Gasteiger partial charge in [0.1, 0.15) is 11.8 Å². The van der Waals surface area contributed by atoms with E-state index in [1.807, 2.05) is 13.8 Å². The van der Waals surface area contributed by atoms with E-state index in [1.54, 1.807) is 0 Å². The highest BCUT2D eigenvalue weighted by atomic mass is 16.4. The van der Waals surface area contributed by atoms with Gasteiger partial charge in [0.05, 0.1) is 11.1 Å². The van der Waals surface area contributed by atoms with Crippen molar-refractivity contribution in [1.29, 1.82) is 0 Å². The molecule has 0 spiro atoms. The second-order valence-electron chi connectivity index (χ2n) is 4.13. The number of hydrogen-bond acceptors (Lipinski definition) is 4. The smallest absolute Gasteiger partial charge is 0.321 e. The fourth-order valence-electron chi connectivity index (χ4n) is 1.71. The van der Waals surface area contributed by atoms with Gasteiger partial charge in [-0.15, -0.1) is 0 Å². The molecule has 15 heavy (non-hydrogen) atoms. The van der Waals surface area contributed by atoms with E-state index in [-0.39, 0.29) is 0 Å². The van der Waals surface area contributed by atoms with E-state index in [1.165, 1.54) is 0 Å². The van der Waals surface area contributed by atoms with Crippen molar-refractivity contribution in [2.24, 2.45) is 5.73 Å². The molecule has 0 amide bonds. The van der Waals surface area contributed by atoms with E-state index in [2.05, 4.69) is 4.98 Å². The number of nitrogens with two attached hydrogens (primary N) is 1. The van der Waals surface area contributed by atoms with Crippen molar-refractivity contribution < 1.29 is 14.3 Å². The predicted octanol–water partition coefficient (Wildman–Crippen LogP) is 0.735. The highest BCUT2D eigenvalue weighted by Gasteiger charge is 2.56. The van der Waals surface area contributed by atoms with Crippen LogP contribution in [0.25, 0.3) is 0 Å². The SMILES string of the molecule is Cc1nc(C2(C(N)C(=O)O)CC2)oc1C. The molecular formula is C10H14N2O3. The number of aryl methyl sites for hydroxylation is 2. The maximum Gasteiger partial charge on any atom is 0.321 e. The second kappa shape index (κ2) is 3.06. The summed E-state index contributed by atoms with van der Waals surface area (Å²) >= 11 is 0. The van der Waals surface area contributed by atoms with E-state index in [0.717, 1.165) is 24.3 Å². The number of aromatic nitrogens is 1. The average Bonchev–Trinajstić information content (AvgIpc) is 2.90. The molecule has 1 aromatic heterocycles. The van der Waals surface area contributed by atoms with Gasteiger partial charge in [0.15, 0.2) is 0 Å². The minimum Gasteiger partial charge on any atom is -0.480 e. The van der Waals surface area contributed by atoms with Crippen LogP contribution < -0.4 is 5.73 Å². The standard InChI is InChI=1S/C10H14N2O3/c1-5-6(2)15-9(12-5)10(3-4-10)7(11)8(13)14/h7H,3-4,11H2,1-2H3,(H,13,14). The van der Waals surface area contributed by atoms with Gasteiger partial charge in [0.2, 0.25) is 5.89 Å². The lowest BCUT2D eigenvalue weighted by atomic mass is 9.97. The van der Waals surface area contributed by atoms with Crippen LogP contribution in [0.5, 0.6) is 0 Å². The first kappa shape index (κ1) is 10.2.